The van der Waals surface area contributed by atoms with Crippen LogP contribution in [-0.2, 0) is 16.1 Å². The zero-order valence-corrected chi connectivity index (χ0v) is 12.0. The first-order valence-electron chi connectivity index (χ1n) is 5.44. The number of nitrogens with one attached hydrogen (secondary N) is 1. The topological polar surface area (TPSA) is 72.2 Å². The second kappa shape index (κ2) is 6.31. The number of carbonyl (C=O) groups is 2. The van der Waals surface area contributed by atoms with Gasteiger partial charge in [-0.3, -0.25) is 14.9 Å². The molecular weight excluding hydrogens is 320 g/mol. The highest BCUT2D eigenvalue weighted by atomic mass is 79.9. The summed E-state index contributed by atoms with van der Waals surface area (Å²) < 4.78 is 0.870. The van der Waals surface area contributed by atoms with Crippen LogP contribution in [0.3, 0.4) is 0 Å². The molecule has 2 amide bonds. The van der Waals surface area contributed by atoms with Crippen LogP contribution in [0.1, 0.15) is 29.9 Å². The lowest BCUT2D eigenvalue weighted by Gasteiger charge is -2.22. The molecule has 18 heavy (non-hydrogen) atoms. The molecule has 0 spiro atoms. The first-order valence-corrected chi connectivity index (χ1v) is 6.23. The van der Waals surface area contributed by atoms with Gasteiger partial charge in [-0.2, -0.15) is 0 Å². The minimum atomic E-state index is -0.256. The Kier molecular flexibility index (Phi) is 5.31. The summed E-state index contributed by atoms with van der Waals surface area (Å²) in [5.74, 6) is -0.669. The Balaban J connectivity index is 0.00000162. The third kappa shape index (κ3) is 3.10. The monoisotopic (exact) mass is 332 g/mol. The molecule has 3 N–H and O–H groups in total. The molecule has 1 aromatic rings. The molecule has 1 saturated heterocycles. The second-order valence-electron chi connectivity index (χ2n) is 4.06. The van der Waals surface area contributed by atoms with Crippen molar-refractivity contribution in [3.8, 4) is 0 Å². The van der Waals surface area contributed by atoms with Gasteiger partial charge in [0.15, 0.2) is 0 Å². The van der Waals surface area contributed by atoms with Gasteiger partial charge in [-0.25, -0.2) is 0 Å². The Bertz CT molecular complexity index is 479. The van der Waals surface area contributed by atoms with E-state index in [9.17, 15) is 9.59 Å². The van der Waals surface area contributed by atoms with Crippen molar-refractivity contribution in [2.24, 2.45) is 5.73 Å². The molecule has 1 atom stereocenters. The number of amides is 2. The van der Waals surface area contributed by atoms with E-state index < -0.39 is 0 Å². The molecule has 1 aliphatic heterocycles. The number of benzene rings is 1. The maximum Gasteiger partial charge on any atom is 0.234 e. The first-order chi connectivity index (χ1) is 8.11. The Morgan fingerprint density at radius 2 is 2.11 bits per heavy atom. The number of carbonyl (C=O) groups excluding carboxylic acids is 2. The largest absolute Gasteiger partial charge is 0.326 e. The Morgan fingerprint density at radius 3 is 2.67 bits per heavy atom. The van der Waals surface area contributed by atoms with Crippen molar-refractivity contribution < 1.29 is 9.59 Å². The molecule has 0 radical (unpaired) electrons. The van der Waals surface area contributed by atoms with Gasteiger partial charge in [0.25, 0.3) is 0 Å². The van der Waals surface area contributed by atoms with Crippen molar-refractivity contribution in [2.45, 2.75) is 25.3 Å². The fourth-order valence-corrected chi connectivity index (χ4v) is 2.67. The third-order valence-corrected chi connectivity index (χ3v) is 3.60. The molecular formula is C12H14BrClN2O2. The van der Waals surface area contributed by atoms with E-state index >= 15 is 0 Å². The summed E-state index contributed by atoms with van der Waals surface area (Å²) in [4.78, 5) is 22.8. The second-order valence-corrected chi connectivity index (χ2v) is 4.92. The fraction of sp³-hybridized carbons (Fsp3) is 0.333. The molecule has 0 aromatic heterocycles. The number of piperidine rings is 1. The quantitative estimate of drug-likeness (QED) is 0.811. The molecule has 1 unspecified atom stereocenters. The molecule has 1 aromatic carbocycles. The number of rotatable bonds is 2. The lowest BCUT2D eigenvalue weighted by atomic mass is 9.90. The average Bonchev–Trinajstić information content (AvgIpc) is 2.30. The summed E-state index contributed by atoms with van der Waals surface area (Å²) in [7, 11) is 0. The van der Waals surface area contributed by atoms with Gasteiger partial charge >= 0.3 is 0 Å². The number of hydrogen-bond donors (Lipinski definition) is 2. The Labute approximate surface area is 120 Å². The Hall–Kier alpha value is -0.910. The van der Waals surface area contributed by atoms with Crippen LogP contribution >= 0.6 is 28.3 Å². The third-order valence-electron chi connectivity index (χ3n) is 2.92. The van der Waals surface area contributed by atoms with E-state index in [0.717, 1.165) is 15.6 Å². The number of halogens is 2. The number of hydrogen-bond acceptors (Lipinski definition) is 3. The highest BCUT2D eigenvalue weighted by molar-refractivity contribution is 9.10. The summed E-state index contributed by atoms with van der Waals surface area (Å²) in [6, 6.07) is 5.72. The summed E-state index contributed by atoms with van der Waals surface area (Å²) in [5, 5.41) is 2.36. The van der Waals surface area contributed by atoms with Crippen LogP contribution in [0.15, 0.2) is 22.7 Å². The van der Waals surface area contributed by atoms with Crippen LogP contribution in [0.4, 0.5) is 0 Å². The van der Waals surface area contributed by atoms with Crippen LogP contribution in [0.25, 0.3) is 0 Å². The van der Waals surface area contributed by atoms with E-state index in [-0.39, 0.29) is 30.1 Å². The SMILES string of the molecule is Cl.NCc1ccc(C2CCC(=O)NC2=O)c(Br)c1. The number of imide groups is 1. The molecule has 1 aliphatic rings. The minimum Gasteiger partial charge on any atom is -0.326 e. The summed E-state index contributed by atoms with van der Waals surface area (Å²) in [6.07, 6.45) is 0.951. The van der Waals surface area contributed by atoms with Crippen LogP contribution < -0.4 is 11.1 Å². The molecule has 0 bridgehead atoms. The van der Waals surface area contributed by atoms with Crippen LogP contribution in [0.5, 0.6) is 0 Å². The maximum absolute atomic E-state index is 11.7. The van der Waals surface area contributed by atoms with E-state index in [2.05, 4.69) is 21.2 Å². The number of nitrogens with two attached hydrogens (primary N) is 1. The van der Waals surface area contributed by atoms with E-state index in [1.807, 2.05) is 18.2 Å². The van der Waals surface area contributed by atoms with E-state index in [0.29, 0.717) is 19.4 Å². The van der Waals surface area contributed by atoms with Gasteiger partial charge in [-0.15, -0.1) is 12.4 Å². The zero-order valence-electron chi connectivity index (χ0n) is 9.61. The van der Waals surface area contributed by atoms with Crippen molar-refractivity contribution >= 4 is 40.2 Å². The van der Waals surface area contributed by atoms with Crippen molar-refractivity contribution in [3.05, 3.63) is 33.8 Å². The zero-order chi connectivity index (χ0) is 12.4. The highest BCUT2D eigenvalue weighted by Gasteiger charge is 2.29. The van der Waals surface area contributed by atoms with Gasteiger partial charge in [-0.1, -0.05) is 28.1 Å². The molecule has 0 aliphatic carbocycles. The lowest BCUT2D eigenvalue weighted by Crippen LogP contribution is -2.39. The van der Waals surface area contributed by atoms with Gasteiger partial charge < -0.3 is 5.73 Å². The molecule has 98 valence electrons. The van der Waals surface area contributed by atoms with Gasteiger partial charge in [0.1, 0.15) is 0 Å². The predicted octanol–water partition coefficient (Wildman–Crippen LogP) is 1.85. The van der Waals surface area contributed by atoms with E-state index in [4.69, 9.17) is 5.73 Å². The van der Waals surface area contributed by atoms with Crippen LogP contribution in [-0.4, -0.2) is 11.8 Å². The average molecular weight is 334 g/mol. The van der Waals surface area contributed by atoms with Crippen molar-refractivity contribution in [1.29, 1.82) is 0 Å². The maximum atomic E-state index is 11.7. The normalized spacial score (nSPS) is 19.1. The van der Waals surface area contributed by atoms with Gasteiger partial charge in [0.2, 0.25) is 11.8 Å². The van der Waals surface area contributed by atoms with Gasteiger partial charge in [0, 0.05) is 17.4 Å². The fourth-order valence-electron chi connectivity index (χ4n) is 1.97. The molecule has 2 rings (SSSR count). The smallest absolute Gasteiger partial charge is 0.234 e. The minimum absolute atomic E-state index is 0. The van der Waals surface area contributed by atoms with E-state index in [1.165, 1.54) is 0 Å². The first kappa shape index (κ1) is 15.1. The standard InChI is InChI=1S/C12H13BrN2O2.ClH/c13-10-5-7(6-14)1-2-8(10)9-3-4-11(16)15-12(9)17;/h1-2,5,9H,3-4,6,14H2,(H,15,16,17);1H. The molecule has 6 heteroatoms. The van der Waals surface area contributed by atoms with Crippen molar-refractivity contribution in [1.82, 2.24) is 5.32 Å². The molecule has 4 nitrogen and oxygen atoms in total. The van der Waals surface area contributed by atoms with Crippen LogP contribution in [0, 0.1) is 0 Å². The summed E-state index contributed by atoms with van der Waals surface area (Å²) in [6.45, 7) is 0.466. The summed E-state index contributed by atoms with van der Waals surface area (Å²) in [5.41, 5.74) is 7.46. The molecule has 1 fully saturated rings. The van der Waals surface area contributed by atoms with Crippen LogP contribution in [0.2, 0.25) is 0 Å². The Morgan fingerprint density at radius 1 is 1.39 bits per heavy atom. The highest BCUT2D eigenvalue weighted by Crippen LogP contribution is 2.31. The van der Waals surface area contributed by atoms with E-state index in [1.54, 1.807) is 0 Å². The molecule has 1 heterocycles. The summed E-state index contributed by atoms with van der Waals surface area (Å²) >= 11 is 3.45. The van der Waals surface area contributed by atoms with Gasteiger partial charge in [0.05, 0.1) is 5.92 Å². The van der Waals surface area contributed by atoms with Crippen molar-refractivity contribution in [2.75, 3.05) is 0 Å². The lowest BCUT2D eigenvalue weighted by molar-refractivity contribution is -0.134. The predicted molar refractivity (Wildman–Crippen MR) is 74.4 cm³/mol. The molecule has 0 saturated carbocycles. The van der Waals surface area contributed by atoms with Gasteiger partial charge in [-0.05, 0) is 23.6 Å². The van der Waals surface area contributed by atoms with Crippen molar-refractivity contribution in [3.63, 3.8) is 0 Å².